The second-order valence-electron chi connectivity index (χ2n) is 5.23. The van der Waals surface area contributed by atoms with Crippen molar-refractivity contribution in [2.45, 2.75) is 46.2 Å². The fourth-order valence-corrected chi connectivity index (χ4v) is 1.08. The average Bonchev–Trinajstić information content (AvgIpc) is 2.08. The molecule has 0 aromatic carbocycles. The Bertz CT molecular complexity index is 256. The minimum atomic E-state index is -1.00. The van der Waals surface area contributed by atoms with E-state index in [4.69, 9.17) is 5.11 Å². The van der Waals surface area contributed by atoms with Crippen LogP contribution in [0, 0.1) is 5.92 Å². The molecular formula is C11H22N2O3. The van der Waals surface area contributed by atoms with Crippen LogP contribution in [0.1, 0.15) is 34.6 Å². The Morgan fingerprint density at radius 3 is 2.06 bits per heavy atom. The molecule has 16 heavy (non-hydrogen) atoms. The third-order valence-electron chi connectivity index (χ3n) is 2.03. The van der Waals surface area contributed by atoms with Crippen molar-refractivity contribution in [2.24, 2.45) is 5.92 Å². The van der Waals surface area contributed by atoms with Crippen LogP contribution in [0.5, 0.6) is 0 Å². The van der Waals surface area contributed by atoms with E-state index in [9.17, 15) is 9.59 Å². The van der Waals surface area contributed by atoms with E-state index in [0.29, 0.717) is 0 Å². The molecule has 0 saturated heterocycles. The lowest BCUT2D eigenvalue weighted by molar-refractivity contribution is -0.143. The normalized spacial score (nSPS) is 13.6. The number of carbonyl (C=O) groups excluding carboxylic acids is 1. The van der Waals surface area contributed by atoms with Crippen LogP contribution in [0.25, 0.3) is 0 Å². The van der Waals surface area contributed by atoms with Gasteiger partial charge in [-0.15, -0.1) is 0 Å². The predicted molar refractivity (Wildman–Crippen MR) is 62.2 cm³/mol. The number of rotatable bonds is 5. The summed E-state index contributed by atoms with van der Waals surface area (Å²) in [5.41, 5.74) is -0.159. The lowest BCUT2D eigenvalue weighted by Crippen LogP contribution is -2.49. The highest BCUT2D eigenvalue weighted by atomic mass is 16.4. The van der Waals surface area contributed by atoms with Gasteiger partial charge in [-0.3, -0.25) is 4.79 Å². The molecule has 1 atom stereocenters. The highest BCUT2D eigenvalue weighted by Gasteiger charge is 2.23. The number of carboxylic acid groups (broad SMARTS) is 1. The molecule has 0 aliphatic rings. The van der Waals surface area contributed by atoms with Gasteiger partial charge in [0.2, 0.25) is 5.91 Å². The van der Waals surface area contributed by atoms with Crippen LogP contribution in [-0.2, 0) is 9.59 Å². The summed E-state index contributed by atoms with van der Waals surface area (Å²) in [5, 5.41) is 14.4. The van der Waals surface area contributed by atoms with Crippen LogP contribution in [-0.4, -0.2) is 35.1 Å². The summed E-state index contributed by atoms with van der Waals surface area (Å²) < 4.78 is 0. The zero-order valence-corrected chi connectivity index (χ0v) is 10.6. The van der Waals surface area contributed by atoms with Gasteiger partial charge >= 0.3 is 5.97 Å². The van der Waals surface area contributed by atoms with E-state index in [1.54, 1.807) is 13.8 Å². The molecule has 5 nitrogen and oxygen atoms in total. The van der Waals surface area contributed by atoms with Crippen molar-refractivity contribution in [3.8, 4) is 0 Å². The van der Waals surface area contributed by atoms with Crippen molar-refractivity contribution in [2.75, 3.05) is 6.54 Å². The fraction of sp³-hybridized carbons (Fsp3) is 0.818. The van der Waals surface area contributed by atoms with E-state index in [2.05, 4.69) is 10.6 Å². The highest BCUT2D eigenvalue weighted by Crippen LogP contribution is 2.02. The molecule has 3 N–H and O–H groups in total. The Balaban J connectivity index is 4.17. The van der Waals surface area contributed by atoms with E-state index in [1.165, 1.54) is 0 Å². The molecular weight excluding hydrogens is 208 g/mol. The molecule has 0 radical (unpaired) electrons. The van der Waals surface area contributed by atoms with E-state index in [1.807, 2.05) is 20.8 Å². The van der Waals surface area contributed by atoms with Crippen LogP contribution < -0.4 is 10.6 Å². The van der Waals surface area contributed by atoms with Crippen molar-refractivity contribution in [1.82, 2.24) is 10.6 Å². The Morgan fingerprint density at radius 1 is 1.25 bits per heavy atom. The van der Waals surface area contributed by atoms with Crippen molar-refractivity contribution < 1.29 is 14.7 Å². The molecule has 0 aliphatic heterocycles. The number of carboxylic acids is 1. The quantitative estimate of drug-likeness (QED) is 0.646. The molecule has 0 bridgehead atoms. The topological polar surface area (TPSA) is 78.4 Å². The highest BCUT2D eigenvalue weighted by molar-refractivity contribution is 5.84. The second kappa shape index (κ2) is 5.84. The standard InChI is InChI=1S/C11H22N2O3/c1-7(2)9(10(15)16)13-8(14)6-12-11(3,4)5/h7,9,12H,6H2,1-5H3,(H,13,14)(H,15,16)/t9-/m0/s1. The molecule has 5 heteroatoms. The fourth-order valence-electron chi connectivity index (χ4n) is 1.08. The second-order valence-corrected chi connectivity index (χ2v) is 5.23. The van der Waals surface area contributed by atoms with Gasteiger partial charge in [-0.25, -0.2) is 4.79 Å². The van der Waals surface area contributed by atoms with Crippen LogP contribution in [0.15, 0.2) is 0 Å². The number of aliphatic carboxylic acids is 1. The van der Waals surface area contributed by atoms with Gasteiger partial charge in [0, 0.05) is 5.54 Å². The van der Waals surface area contributed by atoms with Crippen LogP contribution in [0.4, 0.5) is 0 Å². The summed E-state index contributed by atoms with van der Waals surface area (Å²) in [7, 11) is 0. The number of amides is 1. The zero-order valence-electron chi connectivity index (χ0n) is 10.6. The lowest BCUT2D eigenvalue weighted by Gasteiger charge is -2.22. The van der Waals surface area contributed by atoms with Gasteiger partial charge in [0.1, 0.15) is 6.04 Å². The predicted octanol–water partition coefficient (Wildman–Crippen LogP) is 0.600. The summed E-state index contributed by atoms with van der Waals surface area (Å²) in [6, 6.07) is -0.825. The smallest absolute Gasteiger partial charge is 0.326 e. The van der Waals surface area contributed by atoms with Crippen LogP contribution >= 0.6 is 0 Å². The molecule has 0 unspecified atom stereocenters. The SMILES string of the molecule is CC(C)[C@H](NC(=O)CNC(C)(C)C)C(=O)O. The molecule has 0 aromatic heterocycles. The van der Waals surface area contributed by atoms with Gasteiger partial charge < -0.3 is 15.7 Å². The lowest BCUT2D eigenvalue weighted by atomic mass is 10.0. The summed E-state index contributed by atoms with van der Waals surface area (Å²) in [6.07, 6.45) is 0. The number of nitrogens with one attached hydrogen (secondary N) is 2. The van der Waals surface area contributed by atoms with Crippen molar-refractivity contribution in [3.05, 3.63) is 0 Å². The molecule has 0 saturated carbocycles. The van der Waals surface area contributed by atoms with Crippen LogP contribution in [0.2, 0.25) is 0 Å². The monoisotopic (exact) mass is 230 g/mol. The first-order valence-electron chi connectivity index (χ1n) is 5.40. The van der Waals surface area contributed by atoms with E-state index >= 15 is 0 Å². The Morgan fingerprint density at radius 2 is 1.75 bits per heavy atom. The van der Waals surface area contributed by atoms with Gasteiger partial charge in [0.05, 0.1) is 6.54 Å². The minimum absolute atomic E-state index is 0.125. The number of hydrogen-bond acceptors (Lipinski definition) is 3. The molecule has 0 fully saturated rings. The molecule has 0 heterocycles. The first kappa shape index (κ1) is 14.9. The first-order chi connectivity index (χ1) is 7.13. The maximum Gasteiger partial charge on any atom is 0.326 e. The minimum Gasteiger partial charge on any atom is -0.480 e. The third-order valence-corrected chi connectivity index (χ3v) is 2.03. The van der Waals surface area contributed by atoms with Gasteiger partial charge in [-0.05, 0) is 26.7 Å². The summed E-state index contributed by atoms with van der Waals surface area (Å²) in [5.74, 6) is -1.42. The number of hydrogen-bond donors (Lipinski definition) is 3. The Labute approximate surface area is 96.6 Å². The maximum atomic E-state index is 11.5. The van der Waals surface area contributed by atoms with Gasteiger partial charge in [-0.2, -0.15) is 0 Å². The zero-order chi connectivity index (χ0) is 12.9. The van der Waals surface area contributed by atoms with Crippen molar-refractivity contribution in [3.63, 3.8) is 0 Å². The van der Waals surface area contributed by atoms with E-state index in [-0.39, 0.29) is 23.9 Å². The van der Waals surface area contributed by atoms with Gasteiger partial charge in [0.25, 0.3) is 0 Å². The summed E-state index contributed by atoms with van der Waals surface area (Å²) in [4.78, 5) is 22.3. The summed E-state index contributed by atoms with van der Waals surface area (Å²) >= 11 is 0. The molecule has 1 amide bonds. The maximum absolute atomic E-state index is 11.5. The van der Waals surface area contributed by atoms with Crippen molar-refractivity contribution in [1.29, 1.82) is 0 Å². The van der Waals surface area contributed by atoms with Gasteiger partial charge in [-0.1, -0.05) is 13.8 Å². The summed E-state index contributed by atoms with van der Waals surface area (Å²) in [6.45, 7) is 9.47. The first-order valence-corrected chi connectivity index (χ1v) is 5.40. The molecule has 0 aliphatic carbocycles. The third kappa shape index (κ3) is 6.40. The molecule has 0 rings (SSSR count). The van der Waals surface area contributed by atoms with Crippen molar-refractivity contribution >= 4 is 11.9 Å². The average molecular weight is 230 g/mol. The van der Waals surface area contributed by atoms with E-state index < -0.39 is 12.0 Å². The van der Waals surface area contributed by atoms with E-state index in [0.717, 1.165) is 0 Å². The Kier molecular flexibility index (Phi) is 5.44. The number of carbonyl (C=O) groups is 2. The molecule has 94 valence electrons. The molecule has 0 aromatic rings. The van der Waals surface area contributed by atoms with Gasteiger partial charge in [0.15, 0.2) is 0 Å². The largest absolute Gasteiger partial charge is 0.480 e. The molecule has 0 spiro atoms. The van der Waals surface area contributed by atoms with Crippen LogP contribution in [0.3, 0.4) is 0 Å². The Hall–Kier alpha value is -1.10.